The van der Waals surface area contributed by atoms with Gasteiger partial charge in [0.25, 0.3) is 0 Å². The van der Waals surface area contributed by atoms with E-state index in [1.165, 1.54) is 64.2 Å². The number of carbonyl (C=O) groups is 3. The second-order valence-electron chi connectivity index (χ2n) is 21.3. The Balaban J connectivity index is 4.42. The minimum absolute atomic E-state index is 0.109. The number of carbonyl (C=O) groups excluding carboxylic acids is 3. The molecule has 0 N–H and O–H groups in total. The van der Waals surface area contributed by atoms with Crippen LogP contribution in [0.5, 0.6) is 0 Å². The molecule has 1 atom stereocenters. The summed E-state index contributed by atoms with van der Waals surface area (Å²) >= 11 is 0. The number of esters is 3. The highest BCUT2D eigenvalue weighted by Crippen LogP contribution is 2.14. The van der Waals surface area contributed by atoms with Gasteiger partial charge in [0.2, 0.25) is 0 Å². The van der Waals surface area contributed by atoms with Crippen LogP contribution in [0.1, 0.15) is 271 Å². The molecule has 0 amide bonds. The van der Waals surface area contributed by atoms with Crippen molar-refractivity contribution in [3.05, 3.63) is 170 Å². The molecule has 0 heterocycles. The van der Waals surface area contributed by atoms with Crippen LogP contribution in [0, 0.1) is 0 Å². The maximum absolute atomic E-state index is 12.9. The van der Waals surface area contributed by atoms with Crippen molar-refractivity contribution in [3.8, 4) is 0 Å². The summed E-state index contributed by atoms with van der Waals surface area (Å²) in [6.45, 7) is 6.38. The maximum atomic E-state index is 12.9. The van der Waals surface area contributed by atoms with E-state index in [-0.39, 0.29) is 31.1 Å². The van der Waals surface area contributed by atoms with Gasteiger partial charge in [0.05, 0.1) is 0 Å². The molecular formula is C76H120O6. The van der Waals surface area contributed by atoms with Crippen LogP contribution >= 0.6 is 0 Å². The summed E-state index contributed by atoms with van der Waals surface area (Å²) in [7, 11) is 0. The number of ether oxygens (including phenoxy) is 3. The number of allylic oxidation sites excluding steroid dienone is 28. The first-order valence-corrected chi connectivity index (χ1v) is 33.1. The summed E-state index contributed by atoms with van der Waals surface area (Å²) in [6, 6.07) is 0. The smallest absolute Gasteiger partial charge is 0.306 e. The third-order valence-corrected chi connectivity index (χ3v) is 13.4. The highest BCUT2D eigenvalue weighted by Gasteiger charge is 2.19. The summed E-state index contributed by atoms with van der Waals surface area (Å²) in [6.07, 6.45) is 101. The van der Waals surface area contributed by atoms with Crippen molar-refractivity contribution in [1.82, 2.24) is 0 Å². The molecule has 0 aliphatic heterocycles. The van der Waals surface area contributed by atoms with Gasteiger partial charge in [0.1, 0.15) is 13.2 Å². The van der Waals surface area contributed by atoms with Crippen LogP contribution in [-0.4, -0.2) is 37.2 Å². The van der Waals surface area contributed by atoms with Gasteiger partial charge in [-0.15, -0.1) is 0 Å². The third-order valence-electron chi connectivity index (χ3n) is 13.4. The molecule has 0 saturated carbocycles. The topological polar surface area (TPSA) is 78.9 Å². The van der Waals surface area contributed by atoms with E-state index >= 15 is 0 Å². The zero-order valence-corrected chi connectivity index (χ0v) is 52.7. The maximum Gasteiger partial charge on any atom is 0.306 e. The van der Waals surface area contributed by atoms with Gasteiger partial charge in [-0.3, -0.25) is 14.4 Å². The van der Waals surface area contributed by atoms with Gasteiger partial charge in [0, 0.05) is 19.3 Å². The Bertz CT molecular complexity index is 1870. The first-order chi connectivity index (χ1) is 40.5. The average molecular weight is 1130 g/mol. The van der Waals surface area contributed by atoms with E-state index in [9.17, 15) is 14.4 Å². The summed E-state index contributed by atoms with van der Waals surface area (Å²) in [5, 5.41) is 0. The quantitative estimate of drug-likeness (QED) is 0.0261. The Morgan fingerprint density at radius 3 is 0.817 bits per heavy atom. The summed E-state index contributed by atoms with van der Waals surface area (Å²) in [5.74, 6) is -0.979. The Morgan fingerprint density at radius 1 is 0.256 bits per heavy atom. The van der Waals surface area contributed by atoms with Crippen molar-refractivity contribution in [3.63, 3.8) is 0 Å². The van der Waals surface area contributed by atoms with Gasteiger partial charge in [-0.1, -0.05) is 268 Å². The predicted octanol–water partition coefficient (Wildman–Crippen LogP) is 23.0. The molecule has 6 nitrogen and oxygen atoms in total. The molecule has 6 heteroatoms. The van der Waals surface area contributed by atoms with Crippen LogP contribution < -0.4 is 0 Å². The predicted molar refractivity (Wildman–Crippen MR) is 357 cm³/mol. The molecular weight excluding hydrogens is 1010 g/mol. The molecule has 460 valence electrons. The standard InChI is InChI=1S/C76H120O6/c1-4-7-10-13-16-19-22-25-27-29-31-32-33-34-35-36-37-38-39-40-41-42-43-44-45-47-48-51-54-57-60-63-66-69-75(78)81-72-73(71-80-74(77)68-65-62-59-56-53-50-24-21-18-15-12-9-6-3)82-76(79)70-67-64-61-58-55-52-49-46-30-28-26-23-20-17-14-11-8-5-2/h7,10,12,15-16,19-21,23-25,27-28,30-32,34-35,37-38,40-41,43-44,47-48,54,57,73H,4-6,8-9,11,13-14,17-18,22,26,29,33,36,39,42,45-46,49-53,55-56,58-72H2,1-3H3/b10-7-,15-12-,19-16-,23-20-,24-21-,27-25-,30-28-,32-31-,35-34-,38-37-,41-40-,44-43-,48-47-,57-54-. The zero-order valence-electron chi connectivity index (χ0n) is 52.7. The molecule has 0 fully saturated rings. The van der Waals surface area contributed by atoms with E-state index in [1.807, 2.05) is 0 Å². The first kappa shape index (κ1) is 76.8. The van der Waals surface area contributed by atoms with Crippen LogP contribution in [-0.2, 0) is 28.6 Å². The fourth-order valence-corrected chi connectivity index (χ4v) is 8.48. The van der Waals surface area contributed by atoms with Crippen molar-refractivity contribution < 1.29 is 28.6 Å². The lowest BCUT2D eigenvalue weighted by Gasteiger charge is -2.18. The first-order valence-electron chi connectivity index (χ1n) is 33.1. The normalized spacial score (nSPS) is 13.3. The lowest BCUT2D eigenvalue weighted by molar-refractivity contribution is -0.167. The zero-order chi connectivity index (χ0) is 59.2. The highest BCUT2D eigenvalue weighted by atomic mass is 16.6. The van der Waals surface area contributed by atoms with E-state index in [1.54, 1.807) is 0 Å². The Labute approximate surface area is 504 Å². The van der Waals surface area contributed by atoms with Crippen LogP contribution in [0.25, 0.3) is 0 Å². The Kier molecular flexibility index (Phi) is 63.9. The molecule has 0 radical (unpaired) electrons. The van der Waals surface area contributed by atoms with Gasteiger partial charge >= 0.3 is 17.9 Å². The van der Waals surface area contributed by atoms with E-state index in [4.69, 9.17) is 14.2 Å². The minimum atomic E-state index is -0.816. The SMILES string of the molecule is CC/C=C\C/C=C\C/C=C\C/C=C\C/C=C\C/C=C\C/C=C\C/C=C\C/C=C\C/C=C\CCCCC(=O)OCC(COC(=O)CCCCCCC/C=C\C/C=C\CCC)OC(=O)CCCCCCCCC/C=C\C/C=C\CCCCCC. The third kappa shape index (κ3) is 65.6. The Hall–Kier alpha value is -5.23. The molecule has 0 spiro atoms. The second kappa shape index (κ2) is 68.3. The molecule has 0 bridgehead atoms. The fraction of sp³-hybridized carbons (Fsp3) is 0.592. The summed E-state index contributed by atoms with van der Waals surface area (Å²) in [4.78, 5) is 38.3. The van der Waals surface area contributed by atoms with Gasteiger partial charge in [-0.25, -0.2) is 0 Å². The molecule has 0 saturated heterocycles. The molecule has 0 aromatic heterocycles. The van der Waals surface area contributed by atoms with Gasteiger partial charge in [0.15, 0.2) is 6.10 Å². The molecule has 1 unspecified atom stereocenters. The van der Waals surface area contributed by atoms with Crippen molar-refractivity contribution in [2.75, 3.05) is 13.2 Å². The van der Waals surface area contributed by atoms with E-state index in [2.05, 4.69) is 191 Å². The van der Waals surface area contributed by atoms with Crippen LogP contribution in [0.15, 0.2) is 170 Å². The monoisotopic (exact) mass is 1130 g/mol. The van der Waals surface area contributed by atoms with Crippen LogP contribution in [0.3, 0.4) is 0 Å². The Morgan fingerprint density at radius 2 is 0.500 bits per heavy atom. The van der Waals surface area contributed by atoms with Crippen molar-refractivity contribution in [1.29, 1.82) is 0 Å². The van der Waals surface area contributed by atoms with E-state index in [0.29, 0.717) is 25.7 Å². The summed E-state index contributed by atoms with van der Waals surface area (Å²) < 4.78 is 16.9. The van der Waals surface area contributed by atoms with Crippen LogP contribution in [0.4, 0.5) is 0 Å². The molecule has 0 aromatic carbocycles. The molecule has 82 heavy (non-hydrogen) atoms. The van der Waals surface area contributed by atoms with Crippen molar-refractivity contribution in [2.24, 2.45) is 0 Å². The second-order valence-corrected chi connectivity index (χ2v) is 21.3. The number of hydrogen-bond acceptors (Lipinski definition) is 6. The van der Waals surface area contributed by atoms with Crippen LogP contribution in [0.2, 0.25) is 0 Å². The summed E-state index contributed by atoms with van der Waals surface area (Å²) in [5.41, 5.74) is 0. The number of rotatable bonds is 58. The van der Waals surface area contributed by atoms with Gasteiger partial charge in [-0.05, 0) is 154 Å². The molecule has 0 aliphatic carbocycles. The van der Waals surface area contributed by atoms with Crippen molar-refractivity contribution >= 4 is 17.9 Å². The molecule has 0 aliphatic rings. The molecule has 0 rings (SSSR count). The number of hydrogen-bond donors (Lipinski definition) is 0. The van der Waals surface area contributed by atoms with E-state index in [0.717, 1.165) is 161 Å². The fourth-order valence-electron chi connectivity index (χ4n) is 8.48. The molecule has 0 aromatic rings. The van der Waals surface area contributed by atoms with Crippen molar-refractivity contribution in [2.45, 2.75) is 277 Å². The lowest BCUT2D eigenvalue weighted by atomic mass is 10.1. The largest absolute Gasteiger partial charge is 0.462 e. The van der Waals surface area contributed by atoms with Gasteiger partial charge < -0.3 is 14.2 Å². The number of unbranched alkanes of at least 4 members (excludes halogenated alkanes) is 19. The average Bonchev–Trinajstić information content (AvgIpc) is 3.47. The van der Waals surface area contributed by atoms with Gasteiger partial charge in [-0.2, -0.15) is 0 Å². The van der Waals surface area contributed by atoms with E-state index < -0.39 is 6.10 Å². The highest BCUT2D eigenvalue weighted by molar-refractivity contribution is 5.71. The minimum Gasteiger partial charge on any atom is -0.462 e. The lowest BCUT2D eigenvalue weighted by Crippen LogP contribution is -2.30.